The van der Waals surface area contributed by atoms with Crippen molar-refractivity contribution in [2.75, 3.05) is 31.8 Å². The second-order valence-corrected chi connectivity index (χ2v) is 17.3. The molecule has 1 aliphatic rings. The molecule has 4 rings (SSSR count). The van der Waals surface area contributed by atoms with Crippen molar-refractivity contribution in [3.05, 3.63) is 54.1 Å². The number of para-hydroxylation sites is 1. The van der Waals surface area contributed by atoms with Crippen molar-refractivity contribution >= 4 is 23.4 Å². The summed E-state index contributed by atoms with van der Waals surface area (Å²) in [5.74, 6) is -0.0498. The van der Waals surface area contributed by atoms with Gasteiger partial charge in [-0.2, -0.15) is 0 Å². The molecule has 1 aliphatic heterocycles. The van der Waals surface area contributed by atoms with Crippen LogP contribution in [0, 0.1) is 11.3 Å². The van der Waals surface area contributed by atoms with Crippen LogP contribution in [0.5, 0.6) is 0 Å². The third kappa shape index (κ3) is 11.5. The van der Waals surface area contributed by atoms with Crippen LogP contribution in [-0.2, 0) is 36.9 Å². The summed E-state index contributed by atoms with van der Waals surface area (Å²) >= 11 is 0. The summed E-state index contributed by atoms with van der Waals surface area (Å²) in [7, 11) is 1.66. The number of nitrogens with two attached hydrogens (primary N) is 1. The minimum Gasteiger partial charge on any atom is -0.383 e. The number of aromatic nitrogens is 3. The highest BCUT2D eigenvalue weighted by molar-refractivity contribution is 6.01. The third-order valence-electron chi connectivity index (χ3n) is 11.1. The highest BCUT2D eigenvalue weighted by atomic mass is 16.5. The van der Waals surface area contributed by atoms with Gasteiger partial charge in [0, 0.05) is 60.7 Å². The van der Waals surface area contributed by atoms with Crippen molar-refractivity contribution in [1.82, 2.24) is 25.6 Å². The number of carbonyl (C=O) groups is 3. The van der Waals surface area contributed by atoms with Gasteiger partial charge in [-0.25, -0.2) is 4.68 Å². The number of ether oxygens (including phenoxy) is 2. The van der Waals surface area contributed by atoms with E-state index >= 15 is 0 Å². The molecule has 0 saturated carbocycles. The lowest BCUT2D eigenvalue weighted by atomic mass is 9.76. The average Bonchev–Trinajstić information content (AvgIpc) is 3.53. The number of anilines is 1. The lowest BCUT2D eigenvalue weighted by Crippen LogP contribution is -2.56. The van der Waals surface area contributed by atoms with Crippen LogP contribution in [0.25, 0.3) is 22.5 Å². The van der Waals surface area contributed by atoms with E-state index in [1.807, 2.05) is 94.8 Å². The fraction of sp³-hybridized carbons (Fsp3) is 0.605. The van der Waals surface area contributed by atoms with E-state index in [0.29, 0.717) is 63.7 Å². The van der Waals surface area contributed by atoms with E-state index in [1.54, 1.807) is 12.0 Å². The zero-order chi connectivity index (χ0) is 40.6. The summed E-state index contributed by atoms with van der Waals surface area (Å²) in [5.41, 5.74) is 9.65. The fourth-order valence-electron chi connectivity index (χ4n) is 7.20. The minimum atomic E-state index is -0.643. The van der Waals surface area contributed by atoms with E-state index < -0.39 is 22.1 Å². The zero-order valence-corrected chi connectivity index (χ0v) is 34.9. The molecule has 0 fully saturated rings. The number of nitrogens with one attached hydrogen (secondary N) is 2. The van der Waals surface area contributed by atoms with Crippen LogP contribution in [0.2, 0.25) is 0 Å². The Balaban J connectivity index is 1.29. The van der Waals surface area contributed by atoms with Crippen LogP contribution >= 0.6 is 0 Å². The first kappa shape index (κ1) is 43.6. The Hall–Kier alpha value is -4.13. The Kier molecular flexibility index (Phi) is 14.4. The lowest BCUT2D eigenvalue weighted by molar-refractivity contribution is -0.133. The Labute approximate surface area is 328 Å². The van der Waals surface area contributed by atoms with Crippen LogP contribution < -0.4 is 21.3 Å². The largest absolute Gasteiger partial charge is 0.383 e. The molecule has 1 aromatic heterocycles. The molecule has 12 nitrogen and oxygen atoms in total. The van der Waals surface area contributed by atoms with Gasteiger partial charge in [0.15, 0.2) is 0 Å². The first-order chi connectivity index (χ1) is 25.8. The number of rotatable bonds is 19. The summed E-state index contributed by atoms with van der Waals surface area (Å²) in [6, 6.07) is 15.7. The standard InChI is InChI=1S/C43H65N7O5/c1-11-30(2)43(9,44)29-41(5,6)46-39(53)40(3,4)23-26-55-42(7,8)22-24-45-35(51)20-21-36(52)49-28-31-16-12-13-17-32(31)38-37(33-18-14-15-19-34(33)49)47-48-50(38)25-27-54-10/h12-19,30H,11,20-29,44H2,1-10H3,(H,45,51)(H,46,53). The number of hydrogen-bond donors (Lipinski definition) is 3. The van der Waals surface area contributed by atoms with E-state index in [-0.39, 0.29) is 30.6 Å². The second kappa shape index (κ2) is 18.2. The van der Waals surface area contributed by atoms with E-state index in [0.717, 1.165) is 34.5 Å². The normalized spacial score (nSPS) is 14.8. The van der Waals surface area contributed by atoms with Gasteiger partial charge >= 0.3 is 0 Å². The Morgan fingerprint density at radius 1 is 0.927 bits per heavy atom. The number of nitrogens with zero attached hydrogens (tertiary/aromatic N) is 4. The fourth-order valence-corrected chi connectivity index (χ4v) is 7.20. The van der Waals surface area contributed by atoms with Gasteiger partial charge in [-0.1, -0.05) is 81.8 Å². The Bertz CT molecular complexity index is 1780. The van der Waals surface area contributed by atoms with E-state index in [4.69, 9.17) is 15.2 Å². The molecule has 2 atom stereocenters. The number of carbonyl (C=O) groups excluding carboxylic acids is 3. The average molecular weight is 760 g/mol. The summed E-state index contributed by atoms with van der Waals surface area (Å²) in [6.45, 7) is 20.4. The van der Waals surface area contributed by atoms with Gasteiger partial charge in [0.25, 0.3) is 0 Å². The molecule has 3 aromatic rings. The first-order valence-corrected chi connectivity index (χ1v) is 19.7. The van der Waals surface area contributed by atoms with Crippen LogP contribution in [0.4, 0.5) is 5.69 Å². The molecule has 2 heterocycles. The summed E-state index contributed by atoms with van der Waals surface area (Å²) in [4.78, 5) is 42.0. The maximum Gasteiger partial charge on any atom is 0.227 e. The van der Waals surface area contributed by atoms with Gasteiger partial charge in [0.05, 0.1) is 36.7 Å². The molecule has 3 amide bonds. The molecule has 12 heteroatoms. The van der Waals surface area contributed by atoms with E-state index in [1.165, 1.54) is 0 Å². The van der Waals surface area contributed by atoms with Gasteiger partial charge in [0.2, 0.25) is 17.7 Å². The molecule has 0 aliphatic carbocycles. The van der Waals surface area contributed by atoms with Gasteiger partial charge in [-0.3, -0.25) is 14.4 Å². The zero-order valence-electron chi connectivity index (χ0n) is 34.9. The third-order valence-corrected chi connectivity index (χ3v) is 11.1. The van der Waals surface area contributed by atoms with Gasteiger partial charge in [0.1, 0.15) is 5.69 Å². The monoisotopic (exact) mass is 760 g/mol. The second-order valence-electron chi connectivity index (χ2n) is 17.3. The van der Waals surface area contributed by atoms with Crippen molar-refractivity contribution in [3.8, 4) is 22.5 Å². The number of benzene rings is 2. The molecule has 0 bridgehead atoms. The van der Waals surface area contributed by atoms with Gasteiger partial charge in [-0.15, -0.1) is 5.10 Å². The van der Waals surface area contributed by atoms with Crippen LogP contribution in [0.1, 0.15) is 106 Å². The number of methoxy groups -OCH3 is 1. The molecule has 0 spiro atoms. The molecule has 0 saturated heterocycles. The van der Waals surface area contributed by atoms with Gasteiger partial charge in [-0.05, 0) is 71.4 Å². The molecule has 2 aromatic carbocycles. The lowest BCUT2D eigenvalue weighted by Gasteiger charge is -2.40. The van der Waals surface area contributed by atoms with E-state index in [9.17, 15) is 14.4 Å². The van der Waals surface area contributed by atoms with Crippen molar-refractivity contribution in [3.63, 3.8) is 0 Å². The molecule has 4 N–H and O–H groups in total. The molecular weight excluding hydrogens is 695 g/mol. The molecule has 0 radical (unpaired) electrons. The first-order valence-electron chi connectivity index (χ1n) is 19.7. The van der Waals surface area contributed by atoms with Crippen molar-refractivity contribution in [2.45, 2.75) is 131 Å². The topological polar surface area (TPSA) is 154 Å². The van der Waals surface area contributed by atoms with E-state index in [2.05, 4.69) is 41.7 Å². The predicted octanol–water partition coefficient (Wildman–Crippen LogP) is 6.65. The Morgan fingerprint density at radius 2 is 1.60 bits per heavy atom. The highest BCUT2D eigenvalue weighted by Crippen LogP contribution is 2.41. The SMILES string of the molecule is CCC(C)C(C)(N)CC(C)(C)NC(=O)C(C)(C)CCOC(C)(C)CCNC(=O)CCC(=O)N1Cc2ccccc2-c2c(nnn2CCOC)-c2ccccc21. The van der Waals surface area contributed by atoms with Gasteiger partial charge < -0.3 is 30.7 Å². The highest BCUT2D eigenvalue weighted by Gasteiger charge is 2.37. The summed E-state index contributed by atoms with van der Waals surface area (Å²) < 4.78 is 13.4. The van der Waals surface area contributed by atoms with Crippen molar-refractivity contribution < 1.29 is 23.9 Å². The maximum atomic E-state index is 13.9. The molecular formula is C43H65N7O5. The van der Waals surface area contributed by atoms with Crippen molar-refractivity contribution in [2.24, 2.45) is 17.1 Å². The minimum absolute atomic E-state index is 0.0282. The number of hydrogen-bond acceptors (Lipinski definition) is 8. The van der Waals surface area contributed by atoms with Crippen LogP contribution in [-0.4, -0.2) is 76.3 Å². The Morgan fingerprint density at radius 3 is 2.29 bits per heavy atom. The molecule has 55 heavy (non-hydrogen) atoms. The molecule has 302 valence electrons. The van der Waals surface area contributed by atoms with Crippen molar-refractivity contribution in [1.29, 1.82) is 0 Å². The summed E-state index contributed by atoms with van der Waals surface area (Å²) in [5, 5.41) is 15.2. The number of fused-ring (bicyclic) bond motifs is 5. The maximum absolute atomic E-state index is 13.9. The smallest absolute Gasteiger partial charge is 0.227 e. The molecule has 2 unspecified atom stereocenters. The van der Waals surface area contributed by atoms with Crippen LogP contribution in [0.3, 0.4) is 0 Å². The predicted molar refractivity (Wildman–Crippen MR) is 218 cm³/mol. The number of amides is 3. The quantitative estimate of drug-likeness (QED) is 0.123. The summed E-state index contributed by atoms with van der Waals surface area (Å²) in [6.07, 6.45) is 2.86. The van der Waals surface area contributed by atoms with Crippen LogP contribution in [0.15, 0.2) is 48.5 Å².